The molecule has 0 spiro atoms. The van der Waals surface area contributed by atoms with Crippen LogP contribution >= 0.6 is 0 Å². The molecular weight excluding hydrogens is 584 g/mol. The minimum absolute atomic E-state index is 0.0271. The summed E-state index contributed by atoms with van der Waals surface area (Å²) >= 11 is 0. The third-order valence-corrected chi connectivity index (χ3v) is 8.14. The zero-order chi connectivity index (χ0) is 32.1. The van der Waals surface area contributed by atoms with Gasteiger partial charge in [-0.1, -0.05) is 54.6 Å². The largest absolute Gasteiger partial charge is 0.496 e. The Balaban J connectivity index is 1.21. The molecule has 1 saturated heterocycles. The smallest absolute Gasteiger partial charge is 0.127 e. The molecule has 46 heavy (non-hydrogen) atoms. The van der Waals surface area contributed by atoms with Crippen molar-refractivity contribution in [3.8, 4) is 17.6 Å². The average molecular weight is 627 g/mol. The summed E-state index contributed by atoms with van der Waals surface area (Å²) in [6.45, 7) is 2.69. The molecule has 0 radical (unpaired) electrons. The van der Waals surface area contributed by atoms with E-state index in [1.165, 1.54) is 0 Å². The summed E-state index contributed by atoms with van der Waals surface area (Å²) in [5, 5.41) is 34.1. The first-order valence-electron chi connectivity index (χ1n) is 15.7. The normalized spacial score (nSPS) is 18.6. The lowest BCUT2D eigenvalue weighted by atomic mass is 9.85. The van der Waals surface area contributed by atoms with Crippen LogP contribution in [-0.4, -0.2) is 75.2 Å². The van der Waals surface area contributed by atoms with Crippen LogP contribution in [0.5, 0.6) is 11.5 Å². The topological polar surface area (TPSA) is 122 Å². The van der Waals surface area contributed by atoms with E-state index in [2.05, 4.69) is 23.5 Å². The van der Waals surface area contributed by atoms with Gasteiger partial charge in [-0.25, -0.2) is 0 Å². The van der Waals surface area contributed by atoms with Crippen LogP contribution in [0.1, 0.15) is 34.6 Å². The third kappa shape index (κ3) is 8.83. The van der Waals surface area contributed by atoms with E-state index in [1.54, 1.807) is 13.2 Å². The highest BCUT2D eigenvalue weighted by atomic mass is 16.5. The highest BCUT2D eigenvalue weighted by Crippen LogP contribution is 2.33. The van der Waals surface area contributed by atoms with Crippen LogP contribution in [-0.2, 0) is 27.4 Å². The van der Waals surface area contributed by atoms with Crippen molar-refractivity contribution in [2.75, 3.05) is 46.6 Å². The highest BCUT2D eigenvalue weighted by molar-refractivity contribution is 5.89. The van der Waals surface area contributed by atoms with E-state index in [4.69, 9.17) is 23.7 Å². The average Bonchev–Trinajstić information content (AvgIpc) is 3.11. The molecule has 1 fully saturated rings. The molecular formula is C37H42N2O7. The fourth-order valence-corrected chi connectivity index (χ4v) is 5.77. The lowest BCUT2D eigenvalue weighted by Crippen LogP contribution is -2.51. The van der Waals surface area contributed by atoms with Crippen LogP contribution in [0.2, 0.25) is 0 Å². The van der Waals surface area contributed by atoms with Crippen molar-refractivity contribution in [1.82, 2.24) is 5.32 Å². The highest BCUT2D eigenvalue weighted by Gasteiger charge is 2.36. The number of aliphatic hydroxyl groups excluding tert-OH is 2. The molecule has 0 aliphatic carbocycles. The number of hydrogen-bond acceptors (Lipinski definition) is 9. The first-order valence-corrected chi connectivity index (χ1v) is 15.7. The van der Waals surface area contributed by atoms with Crippen LogP contribution in [0.25, 0.3) is 10.8 Å². The molecule has 0 aromatic heterocycles. The lowest BCUT2D eigenvalue weighted by molar-refractivity contribution is -0.0833. The number of piperidine rings is 1. The predicted octanol–water partition coefficient (Wildman–Crippen LogP) is 4.72. The molecule has 4 atom stereocenters. The molecule has 5 rings (SSSR count). The maximum Gasteiger partial charge on any atom is 0.127 e. The quantitative estimate of drug-likeness (QED) is 0.152. The molecule has 1 aliphatic heterocycles. The van der Waals surface area contributed by atoms with Gasteiger partial charge in [-0.05, 0) is 52.4 Å². The van der Waals surface area contributed by atoms with Gasteiger partial charge in [0.25, 0.3) is 0 Å². The summed E-state index contributed by atoms with van der Waals surface area (Å²) in [6, 6.07) is 29.9. The van der Waals surface area contributed by atoms with Crippen molar-refractivity contribution in [2.24, 2.45) is 0 Å². The molecule has 9 heteroatoms. The number of nitrogens with zero attached hydrogens (tertiary/aromatic N) is 1. The van der Waals surface area contributed by atoms with Crippen LogP contribution in [0.15, 0.2) is 84.9 Å². The Labute approximate surface area is 270 Å². The van der Waals surface area contributed by atoms with Gasteiger partial charge in [0, 0.05) is 30.8 Å². The number of benzene rings is 4. The number of hydrogen-bond donors (Lipinski definition) is 3. The standard InChI is InChI=1S/C37H42N2O7/c1-42-34-18-26(17-28-7-4-5-10-33(28)34)23-45-35-20-39-21-36(46-25-31(41)22-40)37(35)27-11-13-32(14-12-27)44-16-6-15-43-24-30-9-3-2-8-29(30)19-38/h2-5,7-14,17-18,31,35-37,39-41H,6,15-16,20-25H2,1H3/t31?,35-,36+,37+/m0/s1. The Bertz CT molecular complexity index is 1570. The van der Waals surface area contributed by atoms with Crippen molar-refractivity contribution >= 4 is 10.8 Å². The monoisotopic (exact) mass is 626 g/mol. The van der Waals surface area contributed by atoms with Crippen molar-refractivity contribution < 1.29 is 33.9 Å². The Morgan fingerprint density at radius 1 is 0.913 bits per heavy atom. The van der Waals surface area contributed by atoms with E-state index in [9.17, 15) is 15.5 Å². The molecule has 1 unspecified atom stereocenters. The van der Waals surface area contributed by atoms with Crippen LogP contribution in [0.4, 0.5) is 0 Å². The van der Waals surface area contributed by atoms with Gasteiger partial charge in [-0.15, -0.1) is 0 Å². The van der Waals surface area contributed by atoms with Crippen molar-refractivity contribution in [1.29, 1.82) is 5.26 Å². The Hall–Kier alpha value is -4.01. The molecule has 9 nitrogen and oxygen atoms in total. The second-order valence-corrected chi connectivity index (χ2v) is 11.4. The zero-order valence-electron chi connectivity index (χ0n) is 26.1. The summed E-state index contributed by atoms with van der Waals surface area (Å²) in [5.41, 5.74) is 3.56. The van der Waals surface area contributed by atoms with E-state index in [-0.39, 0.29) is 31.3 Å². The van der Waals surface area contributed by atoms with Gasteiger partial charge in [0.15, 0.2) is 0 Å². The fraction of sp³-hybridized carbons (Fsp3) is 0.378. The first kappa shape index (κ1) is 33.4. The molecule has 3 N–H and O–H groups in total. The number of rotatable bonds is 16. The van der Waals surface area contributed by atoms with Gasteiger partial charge in [-0.3, -0.25) is 0 Å². The summed E-state index contributed by atoms with van der Waals surface area (Å²) < 4.78 is 30.1. The molecule has 0 amide bonds. The lowest BCUT2D eigenvalue weighted by Gasteiger charge is -2.39. The summed E-state index contributed by atoms with van der Waals surface area (Å²) in [5.74, 6) is 1.44. The van der Waals surface area contributed by atoms with Gasteiger partial charge in [0.05, 0.1) is 70.6 Å². The Morgan fingerprint density at radius 3 is 2.46 bits per heavy atom. The number of aliphatic hydroxyl groups is 2. The van der Waals surface area contributed by atoms with Crippen LogP contribution in [0.3, 0.4) is 0 Å². The van der Waals surface area contributed by atoms with Gasteiger partial charge >= 0.3 is 0 Å². The summed E-state index contributed by atoms with van der Waals surface area (Å²) in [7, 11) is 1.68. The van der Waals surface area contributed by atoms with Crippen molar-refractivity contribution in [2.45, 2.75) is 43.9 Å². The minimum Gasteiger partial charge on any atom is -0.496 e. The van der Waals surface area contributed by atoms with Gasteiger partial charge in [0.2, 0.25) is 0 Å². The Morgan fingerprint density at radius 2 is 1.67 bits per heavy atom. The SMILES string of the molecule is COc1cc(CO[C@H]2CNC[C@@H](OCC(O)CO)[C@@H]2c2ccc(OCCCOCc3ccccc3C#N)cc2)cc2ccccc12. The van der Waals surface area contributed by atoms with Gasteiger partial charge in [-0.2, -0.15) is 5.26 Å². The Kier molecular flexibility index (Phi) is 12.4. The fourth-order valence-electron chi connectivity index (χ4n) is 5.77. The molecule has 1 heterocycles. The maximum absolute atomic E-state index is 9.98. The van der Waals surface area contributed by atoms with Crippen molar-refractivity contribution in [3.63, 3.8) is 0 Å². The van der Waals surface area contributed by atoms with E-state index in [0.717, 1.165) is 39.0 Å². The number of fused-ring (bicyclic) bond motifs is 1. The molecule has 0 bridgehead atoms. The molecule has 4 aromatic carbocycles. The maximum atomic E-state index is 9.98. The summed E-state index contributed by atoms with van der Waals surface area (Å²) in [6.07, 6.45) is -0.727. The molecule has 4 aromatic rings. The second-order valence-electron chi connectivity index (χ2n) is 11.4. The molecule has 242 valence electrons. The van der Waals surface area contributed by atoms with E-state index < -0.39 is 6.10 Å². The number of methoxy groups -OCH3 is 1. The zero-order valence-corrected chi connectivity index (χ0v) is 26.1. The first-order chi connectivity index (χ1) is 22.6. The van der Waals surface area contributed by atoms with Crippen LogP contribution < -0.4 is 14.8 Å². The van der Waals surface area contributed by atoms with Gasteiger partial charge in [0.1, 0.15) is 17.6 Å². The van der Waals surface area contributed by atoms with Gasteiger partial charge < -0.3 is 39.2 Å². The summed E-state index contributed by atoms with van der Waals surface area (Å²) in [4.78, 5) is 0. The number of nitriles is 1. The molecule has 1 aliphatic rings. The number of ether oxygens (including phenoxy) is 5. The van der Waals surface area contributed by atoms with Crippen molar-refractivity contribution in [3.05, 3.63) is 107 Å². The third-order valence-electron chi connectivity index (χ3n) is 8.14. The van der Waals surface area contributed by atoms with E-state index in [0.29, 0.717) is 51.5 Å². The number of nitrogens with one attached hydrogen (secondary N) is 1. The second kappa shape index (κ2) is 17.1. The molecule has 0 saturated carbocycles. The van der Waals surface area contributed by atoms with E-state index >= 15 is 0 Å². The minimum atomic E-state index is -0.951. The predicted molar refractivity (Wildman–Crippen MR) is 175 cm³/mol. The van der Waals surface area contributed by atoms with Crippen LogP contribution in [0, 0.1) is 11.3 Å². The van der Waals surface area contributed by atoms with E-state index in [1.807, 2.05) is 66.7 Å².